The Balaban J connectivity index is 2.80. The molecule has 0 aromatic heterocycles. The lowest BCUT2D eigenvalue weighted by atomic mass is 10.0. The van der Waals surface area contributed by atoms with Gasteiger partial charge in [0.25, 0.3) is 0 Å². The first-order valence-corrected chi connectivity index (χ1v) is 6.30. The van der Waals surface area contributed by atoms with Crippen LogP contribution >= 0.6 is 0 Å². The minimum Gasteiger partial charge on any atom is -0.508 e. The molecule has 0 saturated heterocycles. The Bertz CT molecular complexity index is 405. The van der Waals surface area contributed by atoms with Gasteiger partial charge in [-0.15, -0.1) is 0 Å². The molecule has 0 saturated carbocycles. The Kier molecular flexibility index (Phi) is 5.16. The summed E-state index contributed by atoms with van der Waals surface area (Å²) in [4.78, 5) is 13.8. The Labute approximate surface area is 108 Å². The van der Waals surface area contributed by atoms with Crippen LogP contribution in [-0.2, 0) is 4.79 Å². The number of anilines is 1. The topological polar surface area (TPSA) is 66.6 Å². The lowest BCUT2D eigenvalue weighted by molar-refractivity contribution is -0.119. The van der Waals surface area contributed by atoms with Gasteiger partial charge in [-0.25, -0.2) is 0 Å². The number of hydrogen-bond donors (Lipinski definition) is 2. The van der Waals surface area contributed by atoms with Crippen molar-refractivity contribution in [1.29, 1.82) is 0 Å². The molecule has 1 aromatic carbocycles. The highest BCUT2D eigenvalue weighted by Crippen LogP contribution is 2.21. The summed E-state index contributed by atoms with van der Waals surface area (Å²) in [6.07, 6.45) is 0.321. The number of nitrogens with two attached hydrogens (primary N) is 1. The van der Waals surface area contributed by atoms with Gasteiger partial charge in [-0.3, -0.25) is 4.79 Å². The monoisotopic (exact) mass is 250 g/mol. The molecule has 1 unspecified atom stereocenters. The Hall–Kier alpha value is -1.55. The second-order valence-corrected chi connectivity index (χ2v) is 4.77. The molecule has 0 aliphatic carbocycles. The zero-order chi connectivity index (χ0) is 13.7. The molecule has 0 radical (unpaired) electrons. The third-order valence-corrected chi connectivity index (χ3v) is 3.03. The van der Waals surface area contributed by atoms with Crippen LogP contribution in [-0.4, -0.2) is 23.6 Å². The van der Waals surface area contributed by atoms with Gasteiger partial charge in [-0.05, 0) is 25.0 Å². The highest BCUT2D eigenvalue weighted by atomic mass is 16.3. The lowest BCUT2D eigenvalue weighted by Crippen LogP contribution is -2.37. The fraction of sp³-hybridized carbons (Fsp3) is 0.500. The van der Waals surface area contributed by atoms with Crippen molar-refractivity contribution >= 4 is 11.6 Å². The van der Waals surface area contributed by atoms with Crippen LogP contribution < -0.4 is 10.6 Å². The van der Waals surface area contributed by atoms with E-state index < -0.39 is 0 Å². The van der Waals surface area contributed by atoms with E-state index in [1.54, 1.807) is 23.1 Å². The summed E-state index contributed by atoms with van der Waals surface area (Å²) in [5, 5.41) is 9.45. The highest BCUT2D eigenvalue weighted by Gasteiger charge is 2.19. The van der Waals surface area contributed by atoms with Crippen molar-refractivity contribution in [3.8, 4) is 5.75 Å². The largest absolute Gasteiger partial charge is 0.508 e. The number of hydrogen-bond acceptors (Lipinski definition) is 3. The summed E-state index contributed by atoms with van der Waals surface area (Å²) >= 11 is 0. The average molecular weight is 250 g/mol. The SMILES string of the molecule is CCN(C(=O)CC(N)C(C)C)c1cccc(O)c1. The standard InChI is InChI=1S/C14H22N2O2/c1-4-16(11-6-5-7-12(17)8-11)14(18)9-13(15)10(2)3/h5-8,10,13,17H,4,9,15H2,1-3H3. The summed E-state index contributed by atoms with van der Waals surface area (Å²) in [6, 6.07) is 6.57. The first-order valence-electron chi connectivity index (χ1n) is 6.30. The third-order valence-electron chi connectivity index (χ3n) is 3.03. The van der Waals surface area contributed by atoms with Crippen LogP contribution in [0.3, 0.4) is 0 Å². The highest BCUT2D eigenvalue weighted by molar-refractivity contribution is 5.93. The van der Waals surface area contributed by atoms with Crippen molar-refractivity contribution in [2.45, 2.75) is 33.2 Å². The minimum atomic E-state index is -0.135. The molecule has 100 valence electrons. The lowest BCUT2D eigenvalue weighted by Gasteiger charge is -2.24. The molecular weight excluding hydrogens is 228 g/mol. The van der Waals surface area contributed by atoms with Crippen molar-refractivity contribution in [3.05, 3.63) is 24.3 Å². The summed E-state index contributed by atoms with van der Waals surface area (Å²) in [7, 11) is 0. The summed E-state index contributed by atoms with van der Waals surface area (Å²) < 4.78 is 0. The molecule has 1 aromatic rings. The van der Waals surface area contributed by atoms with E-state index in [0.29, 0.717) is 18.7 Å². The molecule has 0 fully saturated rings. The Morgan fingerprint density at radius 3 is 2.61 bits per heavy atom. The van der Waals surface area contributed by atoms with Gasteiger partial charge < -0.3 is 15.7 Å². The Morgan fingerprint density at radius 1 is 1.44 bits per heavy atom. The van der Waals surface area contributed by atoms with Crippen molar-refractivity contribution in [2.75, 3.05) is 11.4 Å². The molecule has 3 N–H and O–H groups in total. The molecule has 4 heteroatoms. The van der Waals surface area contributed by atoms with Crippen molar-refractivity contribution < 1.29 is 9.90 Å². The molecule has 0 bridgehead atoms. The molecule has 0 spiro atoms. The molecule has 0 heterocycles. The molecule has 1 atom stereocenters. The number of aromatic hydroxyl groups is 1. The molecule has 1 amide bonds. The van der Waals surface area contributed by atoms with Gasteiger partial charge in [0.2, 0.25) is 5.91 Å². The maximum atomic E-state index is 12.2. The van der Waals surface area contributed by atoms with Gasteiger partial charge in [-0.2, -0.15) is 0 Å². The van der Waals surface area contributed by atoms with Crippen molar-refractivity contribution in [3.63, 3.8) is 0 Å². The van der Waals surface area contributed by atoms with E-state index in [-0.39, 0.29) is 23.6 Å². The Morgan fingerprint density at radius 2 is 2.11 bits per heavy atom. The minimum absolute atomic E-state index is 0.00991. The quantitative estimate of drug-likeness (QED) is 0.841. The van der Waals surface area contributed by atoms with E-state index in [1.807, 2.05) is 26.8 Å². The normalized spacial score (nSPS) is 12.5. The van der Waals surface area contributed by atoms with Gasteiger partial charge in [0.1, 0.15) is 5.75 Å². The number of amides is 1. The fourth-order valence-corrected chi connectivity index (χ4v) is 1.71. The summed E-state index contributed by atoms with van der Waals surface area (Å²) in [6.45, 7) is 6.47. The predicted octanol–water partition coefficient (Wildman–Crippen LogP) is 2.12. The second-order valence-electron chi connectivity index (χ2n) is 4.77. The number of rotatable bonds is 5. The van der Waals surface area contributed by atoms with Crippen LogP contribution in [0.4, 0.5) is 5.69 Å². The smallest absolute Gasteiger partial charge is 0.228 e. The number of phenolic OH excluding ortho intramolecular Hbond substituents is 1. The third kappa shape index (κ3) is 3.74. The molecule has 4 nitrogen and oxygen atoms in total. The second kappa shape index (κ2) is 6.40. The van der Waals surface area contributed by atoms with E-state index >= 15 is 0 Å². The first kappa shape index (κ1) is 14.5. The van der Waals surface area contributed by atoms with Crippen LogP contribution in [0.15, 0.2) is 24.3 Å². The number of carbonyl (C=O) groups is 1. The van der Waals surface area contributed by atoms with Gasteiger partial charge in [0, 0.05) is 30.8 Å². The summed E-state index contributed by atoms with van der Waals surface area (Å²) in [5.41, 5.74) is 6.63. The van der Waals surface area contributed by atoms with Crippen LogP contribution in [0.25, 0.3) is 0 Å². The molecule has 0 aliphatic rings. The number of phenols is 1. The fourth-order valence-electron chi connectivity index (χ4n) is 1.71. The van der Waals surface area contributed by atoms with Crippen LogP contribution in [0.2, 0.25) is 0 Å². The van der Waals surface area contributed by atoms with Crippen molar-refractivity contribution in [1.82, 2.24) is 0 Å². The van der Waals surface area contributed by atoms with Crippen LogP contribution in [0.5, 0.6) is 5.75 Å². The zero-order valence-electron chi connectivity index (χ0n) is 11.3. The van der Waals surface area contributed by atoms with Gasteiger partial charge in [0.15, 0.2) is 0 Å². The van der Waals surface area contributed by atoms with E-state index in [0.717, 1.165) is 0 Å². The van der Waals surface area contributed by atoms with E-state index in [2.05, 4.69) is 0 Å². The van der Waals surface area contributed by atoms with Crippen molar-refractivity contribution in [2.24, 2.45) is 11.7 Å². The van der Waals surface area contributed by atoms with Gasteiger partial charge in [-0.1, -0.05) is 19.9 Å². The maximum absolute atomic E-state index is 12.2. The number of nitrogens with zero attached hydrogens (tertiary/aromatic N) is 1. The van der Waals surface area contributed by atoms with Gasteiger partial charge >= 0.3 is 0 Å². The van der Waals surface area contributed by atoms with E-state index in [1.165, 1.54) is 0 Å². The zero-order valence-corrected chi connectivity index (χ0v) is 11.3. The molecule has 1 rings (SSSR count). The first-order chi connectivity index (χ1) is 8.45. The average Bonchev–Trinajstić information content (AvgIpc) is 2.29. The van der Waals surface area contributed by atoms with E-state index in [4.69, 9.17) is 5.73 Å². The predicted molar refractivity (Wildman–Crippen MR) is 73.6 cm³/mol. The van der Waals surface area contributed by atoms with E-state index in [9.17, 15) is 9.90 Å². The molecular formula is C14H22N2O2. The molecule has 18 heavy (non-hydrogen) atoms. The summed E-state index contributed by atoms with van der Waals surface area (Å²) in [5.74, 6) is 0.424. The number of carbonyl (C=O) groups excluding carboxylic acids is 1. The molecule has 0 aliphatic heterocycles. The number of benzene rings is 1. The van der Waals surface area contributed by atoms with Crippen LogP contribution in [0.1, 0.15) is 27.2 Å². The van der Waals surface area contributed by atoms with Crippen LogP contribution in [0, 0.1) is 5.92 Å². The maximum Gasteiger partial charge on any atom is 0.228 e. The van der Waals surface area contributed by atoms with Gasteiger partial charge in [0.05, 0.1) is 0 Å².